The number of likely N-dealkylation sites (tertiary alicyclic amines) is 1. The van der Waals surface area contributed by atoms with Gasteiger partial charge in [0.05, 0.1) is 10.4 Å². The number of aryl methyl sites for hydroxylation is 1. The molecule has 1 saturated heterocycles. The third-order valence-electron chi connectivity index (χ3n) is 5.49. The van der Waals surface area contributed by atoms with E-state index >= 15 is 0 Å². The van der Waals surface area contributed by atoms with Gasteiger partial charge in [0.1, 0.15) is 11.6 Å². The molecule has 0 bridgehead atoms. The first kappa shape index (κ1) is 21.1. The van der Waals surface area contributed by atoms with Gasteiger partial charge >= 0.3 is 0 Å². The predicted octanol–water partition coefficient (Wildman–Crippen LogP) is 4.74. The zero-order chi connectivity index (χ0) is 21.1. The van der Waals surface area contributed by atoms with E-state index in [9.17, 15) is 9.50 Å². The number of aromatic nitrogens is 1. The second kappa shape index (κ2) is 8.93. The lowest BCUT2D eigenvalue weighted by atomic mass is 10.1. The third kappa shape index (κ3) is 4.62. The Morgan fingerprint density at radius 1 is 1.33 bits per heavy atom. The highest BCUT2D eigenvalue weighted by atomic mass is 32.2. The Labute approximate surface area is 184 Å². The number of nitrogens with zero attached hydrogens (tertiary/aromatic N) is 3. The largest absolute Gasteiger partial charge is 0.369 e. The van der Waals surface area contributed by atoms with E-state index in [1.165, 1.54) is 34.9 Å². The molecule has 5 nitrogen and oxygen atoms in total. The lowest BCUT2D eigenvalue weighted by Crippen LogP contribution is -2.49. The third-order valence-corrected chi connectivity index (χ3v) is 6.92. The van der Waals surface area contributed by atoms with Crippen LogP contribution in [0.5, 0.6) is 0 Å². The number of halogens is 1. The second-order valence-electron chi connectivity index (χ2n) is 7.63. The number of aliphatic hydroxyl groups is 1. The molecule has 2 aromatic carbocycles. The van der Waals surface area contributed by atoms with E-state index in [-0.39, 0.29) is 5.82 Å². The van der Waals surface area contributed by atoms with Crippen molar-refractivity contribution in [2.45, 2.75) is 30.5 Å². The molecule has 1 aromatic heterocycles. The van der Waals surface area contributed by atoms with Crippen LogP contribution in [-0.4, -0.2) is 40.9 Å². The Morgan fingerprint density at radius 3 is 2.87 bits per heavy atom. The van der Waals surface area contributed by atoms with Crippen molar-refractivity contribution >= 4 is 34.8 Å². The van der Waals surface area contributed by atoms with Crippen LogP contribution in [0.2, 0.25) is 0 Å². The molecule has 0 saturated carbocycles. The van der Waals surface area contributed by atoms with Crippen molar-refractivity contribution in [1.29, 1.82) is 0 Å². The number of benzene rings is 2. The minimum Gasteiger partial charge on any atom is -0.369 e. The first-order valence-electron chi connectivity index (χ1n) is 9.78. The van der Waals surface area contributed by atoms with Gasteiger partial charge in [-0.1, -0.05) is 30.3 Å². The zero-order valence-electron chi connectivity index (χ0n) is 17.0. The molecule has 1 aliphatic rings. The van der Waals surface area contributed by atoms with Crippen LogP contribution in [-0.2, 0) is 6.54 Å². The molecule has 2 N–H and O–H groups in total. The maximum absolute atomic E-state index is 14.8. The predicted molar refractivity (Wildman–Crippen MR) is 122 cm³/mol. The van der Waals surface area contributed by atoms with E-state index < -0.39 is 5.72 Å². The maximum atomic E-state index is 14.8. The van der Waals surface area contributed by atoms with E-state index in [0.717, 1.165) is 18.7 Å². The number of rotatable bonds is 7. The summed E-state index contributed by atoms with van der Waals surface area (Å²) in [5.74, 6) is 0.389. The molecule has 158 valence electrons. The molecule has 2 heterocycles. The molecule has 1 atom stereocenters. The summed E-state index contributed by atoms with van der Waals surface area (Å²) >= 11 is 2.69. The fourth-order valence-corrected chi connectivity index (χ4v) is 5.06. The summed E-state index contributed by atoms with van der Waals surface area (Å²) in [7, 11) is 1.84. The van der Waals surface area contributed by atoms with Crippen LogP contribution in [0.25, 0.3) is 0 Å². The van der Waals surface area contributed by atoms with E-state index in [4.69, 9.17) is 0 Å². The van der Waals surface area contributed by atoms with Crippen LogP contribution < -0.4 is 9.62 Å². The molecule has 30 heavy (non-hydrogen) atoms. The average Bonchev–Trinajstić information content (AvgIpc) is 3.39. The monoisotopic (exact) mass is 444 g/mol. The fraction of sp³-hybridized carbons (Fsp3) is 0.318. The molecule has 1 aliphatic heterocycles. The van der Waals surface area contributed by atoms with Gasteiger partial charge in [0, 0.05) is 44.2 Å². The van der Waals surface area contributed by atoms with Crippen molar-refractivity contribution in [1.82, 2.24) is 9.88 Å². The summed E-state index contributed by atoms with van der Waals surface area (Å²) in [5.41, 5.74) is 3.54. The quantitative estimate of drug-likeness (QED) is 0.406. The van der Waals surface area contributed by atoms with Gasteiger partial charge in [-0.3, -0.25) is 4.90 Å². The molecule has 8 heteroatoms. The summed E-state index contributed by atoms with van der Waals surface area (Å²) in [5, 5.41) is 13.2. The Hall–Kier alpha value is -2.13. The number of hydrogen-bond acceptors (Lipinski definition) is 7. The highest BCUT2D eigenvalue weighted by Crippen LogP contribution is 2.35. The molecule has 3 aromatic rings. The summed E-state index contributed by atoms with van der Waals surface area (Å²) in [4.78, 5) is 8.70. The molecule has 0 aliphatic carbocycles. The molecular formula is C22H25FN4OS2. The Morgan fingerprint density at radius 2 is 2.13 bits per heavy atom. The van der Waals surface area contributed by atoms with E-state index in [1.54, 1.807) is 5.51 Å². The fourth-order valence-electron chi connectivity index (χ4n) is 3.78. The lowest BCUT2D eigenvalue weighted by molar-refractivity contribution is 0.0494. The molecule has 1 unspecified atom stereocenters. The van der Waals surface area contributed by atoms with E-state index in [0.29, 0.717) is 29.4 Å². The van der Waals surface area contributed by atoms with Crippen LogP contribution >= 0.6 is 23.3 Å². The number of β-amino-alcohol motifs (C(OH)–C–C–N with tert-alkyl or cyclic N) is 1. The molecule has 1 fully saturated rings. The van der Waals surface area contributed by atoms with Gasteiger partial charge in [0.15, 0.2) is 5.72 Å². The summed E-state index contributed by atoms with van der Waals surface area (Å²) < 4.78 is 17.9. The highest BCUT2D eigenvalue weighted by Gasteiger charge is 2.40. The van der Waals surface area contributed by atoms with Crippen molar-refractivity contribution in [3.8, 4) is 0 Å². The Balaban J connectivity index is 1.45. The summed E-state index contributed by atoms with van der Waals surface area (Å²) in [6.45, 7) is 4.05. The number of nitrogens with one attached hydrogen (secondary N) is 1. The molecule has 0 amide bonds. The lowest BCUT2D eigenvalue weighted by Gasteiger charge is -2.36. The van der Waals surface area contributed by atoms with Gasteiger partial charge in [-0.15, -0.1) is 11.3 Å². The van der Waals surface area contributed by atoms with Crippen LogP contribution in [0.4, 0.5) is 15.9 Å². The van der Waals surface area contributed by atoms with Crippen LogP contribution in [0.1, 0.15) is 17.5 Å². The number of anilines is 2. The number of likely N-dealkylation sites (N-methyl/N-ethyl adjacent to an activating group) is 1. The smallest absolute Gasteiger partial charge is 0.151 e. The van der Waals surface area contributed by atoms with Crippen molar-refractivity contribution in [2.24, 2.45) is 0 Å². The van der Waals surface area contributed by atoms with Gasteiger partial charge in [0.25, 0.3) is 0 Å². The van der Waals surface area contributed by atoms with Crippen LogP contribution in [0, 0.1) is 12.7 Å². The van der Waals surface area contributed by atoms with Gasteiger partial charge in [-0.05, 0) is 42.1 Å². The van der Waals surface area contributed by atoms with Gasteiger partial charge in [0.2, 0.25) is 0 Å². The first-order chi connectivity index (χ1) is 14.4. The SMILES string of the molecule is Cc1cc(SNc2cscn2)c(F)cc1N(C)C1(O)CCN(Cc2ccccc2)C1. The van der Waals surface area contributed by atoms with Gasteiger partial charge in [-0.25, -0.2) is 9.37 Å². The van der Waals surface area contributed by atoms with E-state index in [1.807, 2.05) is 48.5 Å². The topological polar surface area (TPSA) is 51.6 Å². The summed E-state index contributed by atoms with van der Waals surface area (Å²) in [6, 6.07) is 13.6. The molecule has 0 spiro atoms. The van der Waals surface area contributed by atoms with Gasteiger partial charge in [-0.2, -0.15) is 0 Å². The first-order valence-corrected chi connectivity index (χ1v) is 11.5. The van der Waals surface area contributed by atoms with Gasteiger partial charge < -0.3 is 14.7 Å². The van der Waals surface area contributed by atoms with Crippen molar-refractivity contribution < 1.29 is 9.50 Å². The Bertz CT molecular complexity index is 986. The molecule has 0 radical (unpaired) electrons. The van der Waals surface area contributed by atoms with Crippen molar-refractivity contribution in [2.75, 3.05) is 29.8 Å². The maximum Gasteiger partial charge on any atom is 0.151 e. The molecule has 4 rings (SSSR count). The number of thiazole rings is 1. The normalized spacial score (nSPS) is 19.2. The zero-order valence-corrected chi connectivity index (χ0v) is 18.6. The van der Waals surface area contributed by atoms with Crippen LogP contribution in [0.3, 0.4) is 0 Å². The Kier molecular flexibility index (Phi) is 6.29. The van der Waals surface area contributed by atoms with Crippen molar-refractivity contribution in [3.63, 3.8) is 0 Å². The minimum atomic E-state index is -1.03. The van der Waals surface area contributed by atoms with Crippen LogP contribution in [0.15, 0.2) is 58.3 Å². The van der Waals surface area contributed by atoms with Crippen molar-refractivity contribution in [3.05, 3.63) is 70.3 Å². The second-order valence-corrected chi connectivity index (χ2v) is 9.20. The highest BCUT2D eigenvalue weighted by molar-refractivity contribution is 8.00. The standard InChI is InChI=1S/C22H25FN4OS2/c1-16-10-20(30-25-21-13-29-15-24-21)18(23)11-19(16)26(2)22(28)8-9-27(14-22)12-17-6-4-3-5-7-17/h3-7,10-11,13,15,25,28H,8-9,12,14H2,1-2H3. The summed E-state index contributed by atoms with van der Waals surface area (Å²) in [6.07, 6.45) is 0.610. The minimum absolute atomic E-state index is 0.321. The number of hydrogen-bond donors (Lipinski definition) is 2. The van der Waals surface area contributed by atoms with E-state index in [2.05, 4.69) is 26.7 Å². The molecular weight excluding hydrogens is 419 g/mol. The average molecular weight is 445 g/mol.